The number of rotatable bonds is 4. The molecule has 5 nitrogen and oxygen atoms in total. The maximum Gasteiger partial charge on any atom is 0.338 e. The molecule has 0 saturated heterocycles. The van der Waals surface area contributed by atoms with Crippen molar-refractivity contribution in [2.45, 2.75) is 65.9 Å². The van der Waals surface area contributed by atoms with Crippen molar-refractivity contribution < 1.29 is 14.5 Å². The van der Waals surface area contributed by atoms with E-state index in [1.807, 2.05) is 0 Å². The van der Waals surface area contributed by atoms with Gasteiger partial charge >= 0.3 is 5.97 Å². The van der Waals surface area contributed by atoms with E-state index >= 15 is 0 Å². The van der Waals surface area contributed by atoms with Gasteiger partial charge in [-0.2, -0.15) is 0 Å². The summed E-state index contributed by atoms with van der Waals surface area (Å²) in [5.41, 5.74) is 1.79. The van der Waals surface area contributed by atoms with E-state index in [0.717, 1.165) is 32.1 Å². The van der Waals surface area contributed by atoms with Gasteiger partial charge in [0.15, 0.2) is 0 Å². The largest absolute Gasteiger partial charge is 0.458 e. The molecule has 0 radical (unpaired) electrons. The summed E-state index contributed by atoms with van der Waals surface area (Å²) in [6.07, 6.45) is 7.25. The van der Waals surface area contributed by atoms with E-state index in [-0.39, 0.29) is 17.7 Å². The fraction of sp³-hybridized carbons (Fsp3) is 0.591. The topological polar surface area (TPSA) is 69.4 Å². The van der Waals surface area contributed by atoms with E-state index in [0.29, 0.717) is 17.4 Å². The molecule has 0 aromatic heterocycles. The van der Waals surface area contributed by atoms with Gasteiger partial charge in [0.25, 0.3) is 5.69 Å². The van der Waals surface area contributed by atoms with Crippen molar-refractivity contribution in [2.24, 2.45) is 17.8 Å². The van der Waals surface area contributed by atoms with Gasteiger partial charge < -0.3 is 4.74 Å². The standard InChI is InChI=1S/C22H31NO4/c1-15(2)19-9-8-16(3)6-5-7-17(4)21(14-19)27-22(24)18-10-12-20(13-11-18)23(25)26/h6,10-13,15,17,19,21H,5,7-9,14H2,1-4H3/b16-6+/t17-,19+,21-/m1/s1. The fourth-order valence-electron chi connectivity index (χ4n) is 3.64. The minimum absolute atomic E-state index is 0.0272. The second-order valence-electron chi connectivity index (χ2n) is 8.13. The van der Waals surface area contributed by atoms with Crippen LogP contribution in [0, 0.1) is 27.9 Å². The summed E-state index contributed by atoms with van der Waals surface area (Å²) in [4.78, 5) is 22.9. The van der Waals surface area contributed by atoms with Gasteiger partial charge in [-0.3, -0.25) is 10.1 Å². The molecule has 1 aromatic rings. The van der Waals surface area contributed by atoms with E-state index in [4.69, 9.17) is 4.74 Å². The summed E-state index contributed by atoms with van der Waals surface area (Å²) >= 11 is 0. The molecule has 0 N–H and O–H groups in total. The number of esters is 1. The highest BCUT2D eigenvalue weighted by atomic mass is 16.6. The zero-order valence-corrected chi connectivity index (χ0v) is 16.8. The molecule has 0 fully saturated rings. The maximum absolute atomic E-state index is 12.6. The Morgan fingerprint density at radius 1 is 1.22 bits per heavy atom. The first kappa shape index (κ1) is 21.1. The highest BCUT2D eigenvalue weighted by molar-refractivity contribution is 5.89. The predicted molar refractivity (Wildman–Crippen MR) is 107 cm³/mol. The van der Waals surface area contributed by atoms with Crippen molar-refractivity contribution >= 4 is 11.7 Å². The number of allylic oxidation sites excluding steroid dienone is 2. The predicted octanol–water partition coefficient (Wildman–Crippen LogP) is 5.94. The molecule has 1 aromatic carbocycles. The molecule has 2 rings (SSSR count). The van der Waals surface area contributed by atoms with Crippen LogP contribution >= 0.6 is 0 Å². The molecular formula is C22H31NO4. The molecule has 148 valence electrons. The Labute approximate surface area is 162 Å². The van der Waals surface area contributed by atoms with Gasteiger partial charge in [0, 0.05) is 12.1 Å². The van der Waals surface area contributed by atoms with Crippen molar-refractivity contribution in [3.05, 3.63) is 51.6 Å². The number of hydrogen-bond donors (Lipinski definition) is 0. The number of ether oxygens (including phenoxy) is 1. The van der Waals surface area contributed by atoms with Crippen molar-refractivity contribution in [2.75, 3.05) is 0 Å². The van der Waals surface area contributed by atoms with Crippen LogP contribution in [0.4, 0.5) is 5.69 Å². The summed E-state index contributed by atoms with van der Waals surface area (Å²) < 4.78 is 5.90. The molecule has 0 bridgehead atoms. The van der Waals surface area contributed by atoms with E-state index < -0.39 is 10.9 Å². The zero-order valence-electron chi connectivity index (χ0n) is 16.8. The molecule has 1 aliphatic carbocycles. The SMILES string of the molecule is C/C1=C\CC[C@@H](C)[C@H](OC(=O)c2ccc([N+](=O)[O-])cc2)C[C@@H](C(C)C)CC1. The normalized spacial score (nSPS) is 26.1. The van der Waals surface area contributed by atoms with Crippen LogP contribution in [0.25, 0.3) is 0 Å². The fourth-order valence-corrected chi connectivity index (χ4v) is 3.64. The lowest BCUT2D eigenvalue weighted by molar-refractivity contribution is -0.384. The van der Waals surface area contributed by atoms with Crippen LogP contribution in [-0.2, 0) is 4.74 Å². The lowest BCUT2D eigenvalue weighted by Gasteiger charge is -2.31. The highest BCUT2D eigenvalue weighted by Gasteiger charge is 2.28. The average molecular weight is 373 g/mol. The number of carbonyl (C=O) groups excluding carboxylic acids is 1. The molecule has 3 atom stereocenters. The number of carbonyl (C=O) groups is 1. The third-order valence-corrected chi connectivity index (χ3v) is 5.71. The van der Waals surface area contributed by atoms with Crippen LogP contribution in [-0.4, -0.2) is 17.0 Å². The van der Waals surface area contributed by atoms with Gasteiger partial charge in [-0.1, -0.05) is 32.4 Å². The van der Waals surface area contributed by atoms with Gasteiger partial charge in [0.2, 0.25) is 0 Å². The molecule has 0 heterocycles. The molecule has 5 heteroatoms. The van der Waals surface area contributed by atoms with Crippen molar-refractivity contribution in [3.8, 4) is 0 Å². The number of nitro benzene ring substituents is 1. The zero-order chi connectivity index (χ0) is 20.0. The first-order valence-electron chi connectivity index (χ1n) is 9.89. The number of hydrogen-bond acceptors (Lipinski definition) is 4. The lowest BCUT2D eigenvalue weighted by atomic mass is 9.81. The van der Waals surface area contributed by atoms with Crippen LogP contribution in [0.1, 0.15) is 70.2 Å². The second-order valence-corrected chi connectivity index (χ2v) is 8.13. The van der Waals surface area contributed by atoms with Crippen LogP contribution in [0.2, 0.25) is 0 Å². The van der Waals surface area contributed by atoms with Crippen molar-refractivity contribution in [3.63, 3.8) is 0 Å². The molecule has 0 aliphatic heterocycles. The highest BCUT2D eigenvalue weighted by Crippen LogP contribution is 2.31. The van der Waals surface area contributed by atoms with E-state index in [1.54, 1.807) is 0 Å². The number of nitrogens with zero attached hydrogens (tertiary/aromatic N) is 1. The third kappa shape index (κ3) is 6.19. The van der Waals surface area contributed by atoms with Gasteiger partial charge in [0.05, 0.1) is 10.5 Å². The molecule has 27 heavy (non-hydrogen) atoms. The van der Waals surface area contributed by atoms with Crippen LogP contribution in [0.5, 0.6) is 0 Å². The average Bonchev–Trinajstić information content (AvgIpc) is 2.63. The Balaban J connectivity index is 2.14. The Bertz CT molecular complexity index is 678. The second kappa shape index (κ2) is 9.67. The number of nitro groups is 1. The van der Waals surface area contributed by atoms with Gasteiger partial charge in [-0.15, -0.1) is 0 Å². The Kier molecular flexibility index (Phi) is 7.57. The maximum atomic E-state index is 12.6. The Morgan fingerprint density at radius 3 is 2.48 bits per heavy atom. The molecule has 0 spiro atoms. The van der Waals surface area contributed by atoms with Crippen molar-refractivity contribution in [1.29, 1.82) is 0 Å². The number of benzene rings is 1. The molecular weight excluding hydrogens is 342 g/mol. The van der Waals surface area contributed by atoms with Gasteiger partial charge in [-0.05, 0) is 68.9 Å². The van der Waals surface area contributed by atoms with Gasteiger partial charge in [0.1, 0.15) is 6.10 Å². The minimum Gasteiger partial charge on any atom is -0.458 e. The smallest absolute Gasteiger partial charge is 0.338 e. The summed E-state index contributed by atoms with van der Waals surface area (Å²) in [5.74, 6) is 0.914. The van der Waals surface area contributed by atoms with E-state index in [2.05, 4.69) is 33.8 Å². The summed E-state index contributed by atoms with van der Waals surface area (Å²) in [7, 11) is 0. The van der Waals surface area contributed by atoms with Gasteiger partial charge in [-0.25, -0.2) is 4.79 Å². The van der Waals surface area contributed by atoms with Crippen molar-refractivity contribution in [1.82, 2.24) is 0 Å². The first-order chi connectivity index (χ1) is 12.8. The Morgan fingerprint density at radius 2 is 1.89 bits per heavy atom. The number of non-ortho nitro benzene ring substituents is 1. The van der Waals surface area contributed by atoms with E-state index in [9.17, 15) is 14.9 Å². The van der Waals surface area contributed by atoms with Crippen LogP contribution < -0.4 is 0 Å². The molecule has 0 saturated carbocycles. The minimum atomic E-state index is -0.471. The summed E-state index contributed by atoms with van der Waals surface area (Å²) in [6, 6.07) is 5.63. The molecule has 1 aliphatic rings. The molecule has 0 amide bonds. The third-order valence-electron chi connectivity index (χ3n) is 5.71. The summed E-state index contributed by atoms with van der Waals surface area (Å²) in [6.45, 7) is 8.82. The first-order valence-corrected chi connectivity index (χ1v) is 9.89. The monoisotopic (exact) mass is 373 g/mol. The quantitative estimate of drug-likeness (QED) is 0.283. The lowest BCUT2D eigenvalue weighted by Crippen LogP contribution is -2.30. The summed E-state index contributed by atoms with van der Waals surface area (Å²) in [5, 5.41) is 10.8. The van der Waals surface area contributed by atoms with Crippen LogP contribution in [0.15, 0.2) is 35.9 Å². The van der Waals surface area contributed by atoms with Crippen LogP contribution in [0.3, 0.4) is 0 Å². The molecule has 0 unspecified atom stereocenters. The van der Waals surface area contributed by atoms with E-state index in [1.165, 1.54) is 29.8 Å². The Hall–Kier alpha value is -2.17.